The fourth-order valence-electron chi connectivity index (χ4n) is 1.98. The van der Waals surface area contributed by atoms with E-state index in [-0.39, 0.29) is 0 Å². The smallest absolute Gasteiger partial charge is 0.00792 e. The molecule has 3 atom stereocenters. The molecule has 0 saturated heterocycles. The Morgan fingerprint density at radius 2 is 2.23 bits per heavy atom. The molecule has 1 saturated carbocycles. The van der Waals surface area contributed by atoms with Gasteiger partial charge in [0.15, 0.2) is 0 Å². The van der Waals surface area contributed by atoms with E-state index in [1.54, 1.807) is 0 Å². The number of hydrogen-bond donors (Lipinski definition) is 2. The van der Waals surface area contributed by atoms with E-state index >= 15 is 0 Å². The Morgan fingerprint density at radius 3 is 2.77 bits per heavy atom. The first-order valence-electron chi connectivity index (χ1n) is 5.70. The van der Waals surface area contributed by atoms with Gasteiger partial charge in [0.25, 0.3) is 0 Å². The minimum absolute atomic E-state index is 0.462. The molecule has 2 heteroatoms. The highest BCUT2D eigenvalue weighted by Gasteiger charge is 2.22. The molecule has 0 amide bonds. The molecule has 1 rings (SSSR count). The van der Waals surface area contributed by atoms with Crippen LogP contribution in [0.2, 0.25) is 0 Å². The zero-order chi connectivity index (χ0) is 9.68. The van der Waals surface area contributed by atoms with E-state index in [4.69, 9.17) is 5.73 Å². The monoisotopic (exact) mass is 184 g/mol. The first-order valence-corrected chi connectivity index (χ1v) is 5.70. The standard InChI is InChI=1S/C11H24N2/c1-3-9(2)7-13-8-10-5-4-6-11(10)12/h9-11,13H,3-8,12H2,1-2H3. The van der Waals surface area contributed by atoms with E-state index < -0.39 is 0 Å². The van der Waals surface area contributed by atoms with E-state index in [0.29, 0.717) is 6.04 Å². The van der Waals surface area contributed by atoms with Gasteiger partial charge in [-0.2, -0.15) is 0 Å². The zero-order valence-electron chi connectivity index (χ0n) is 9.05. The molecule has 0 aromatic carbocycles. The van der Waals surface area contributed by atoms with Gasteiger partial charge in [0, 0.05) is 6.04 Å². The SMILES string of the molecule is CCC(C)CNCC1CCCC1N. The van der Waals surface area contributed by atoms with Crippen LogP contribution >= 0.6 is 0 Å². The summed E-state index contributed by atoms with van der Waals surface area (Å²) in [6.07, 6.45) is 5.16. The molecule has 0 aromatic rings. The van der Waals surface area contributed by atoms with Crippen molar-refractivity contribution >= 4 is 0 Å². The maximum absolute atomic E-state index is 5.99. The van der Waals surface area contributed by atoms with Gasteiger partial charge < -0.3 is 11.1 Å². The molecule has 0 aliphatic heterocycles. The quantitative estimate of drug-likeness (QED) is 0.683. The first kappa shape index (κ1) is 11.0. The van der Waals surface area contributed by atoms with E-state index in [9.17, 15) is 0 Å². The van der Waals surface area contributed by atoms with Crippen molar-refractivity contribution in [3.05, 3.63) is 0 Å². The molecule has 2 nitrogen and oxygen atoms in total. The largest absolute Gasteiger partial charge is 0.327 e. The average Bonchev–Trinajstić information content (AvgIpc) is 2.52. The Kier molecular flexibility index (Phi) is 4.74. The van der Waals surface area contributed by atoms with Crippen molar-refractivity contribution in [3.63, 3.8) is 0 Å². The van der Waals surface area contributed by atoms with E-state index in [2.05, 4.69) is 19.2 Å². The zero-order valence-corrected chi connectivity index (χ0v) is 9.05. The fraction of sp³-hybridized carbons (Fsp3) is 1.00. The lowest BCUT2D eigenvalue weighted by atomic mass is 10.0. The third-order valence-electron chi connectivity index (χ3n) is 3.31. The number of nitrogens with one attached hydrogen (secondary N) is 1. The molecule has 0 spiro atoms. The number of rotatable bonds is 5. The predicted octanol–water partition coefficient (Wildman–Crippen LogP) is 1.75. The van der Waals surface area contributed by atoms with Gasteiger partial charge in [-0.3, -0.25) is 0 Å². The summed E-state index contributed by atoms with van der Waals surface area (Å²) in [4.78, 5) is 0. The van der Waals surface area contributed by atoms with Crippen LogP contribution in [0.15, 0.2) is 0 Å². The van der Waals surface area contributed by atoms with Crippen LogP contribution in [0.25, 0.3) is 0 Å². The molecule has 3 N–H and O–H groups in total. The predicted molar refractivity (Wildman–Crippen MR) is 57.6 cm³/mol. The van der Waals surface area contributed by atoms with Crippen LogP contribution in [0.3, 0.4) is 0 Å². The second-order valence-electron chi connectivity index (χ2n) is 4.53. The van der Waals surface area contributed by atoms with Gasteiger partial charge in [-0.15, -0.1) is 0 Å². The topological polar surface area (TPSA) is 38.0 Å². The van der Waals surface area contributed by atoms with Crippen LogP contribution in [0.5, 0.6) is 0 Å². The highest BCUT2D eigenvalue weighted by Crippen LogP contribution is 2.22. The van der Waals surface area contributed by atoms with Crippen LogP contribution in [-0.4, -0.2) is 19.1 Å². The van der Waals surface area contributed by atoms with E-state index in [1.807, 2.05) is 0 Å². The lowest BCUT2D eigenvalue weighted by Crippen LogP contribution is -2.34. The Hall–Kier alpha value is -0.0800. The summed E-state index contributed by atoms with van der Waals surface area (Å²) in [6.45, 7) is 6.82. The Morgan fingerprint density at radius 1 is 1.46 bits per heavy atom. The Labute approximate surface area is 82.3 Å². The lowest BCUT2D eigenvalue weighted by Gasteiger charge is -2.17. The van der Waals surface area contributed by atoms with Gasteiger partial charge in [-0.25, -0.2) is 0 Å². The maximum atomic E-state index is 5.99. The van der Waals surface area contributed by atoms with Crippen LogP contribution < -0.4 is 11.1 Å². The lowest BCUT2D eigenvalue weighted by molar-refractivity contribution is 0.412. The molecule has 0 heterocycles. The normalized spacial score (nSPS) is 30.7. The maximum Gasteiger partial charge on any atom is 0.00792 e. The summed E-state index contributed by atoms with van der Waals surface area (Å²) >= 11 is 0. The molecule has 1 aliphatic rings. The summed E-state index contributed by atoms with van der Waals surface area (Å²) < 4.78 is 0. The van der Waals surface area contributed by atoms with Crippen LogP contribution in [-0.2, 0) is 0 Å². The van der Waals surface area contributed by atoms with Crippen LogP contribution in [0.4, 0.5) is 0 Å². The molecular formula is C11H24N2. The highest BCUT2D eigenvalue weighted by atomic mass is 14.9. The summed E-state index contributed by atoms with van der Waals surface area (Å²) in [7, 11) is 0. The minimum atomic E-state index is 0.462. The van der Waals surface area contributed by atoms with Crippen molar-refractivity contribution in [3.8, 4) is 0 Å². The highest BCUT2D eigenvalue weighted by molar-refractivity contribution is 4.81. The van der Waals surface area contributed by atoms with Gasteiger partial charge in [-0.1, -0.05) is 26.7 Å². The third kappa shape index (κ3) is 3.65. The molecular weight excluding hydrogens is 160 g/mol. The molecule has 0 radical (unpaired) electrons. The minimum Gasteiger partial charge on any atom is -0.327 e. The first-order chi connectivity index (χ1) is 6.24. The van der Waals surface area contributed by atoms with Crippen molar-refractivity contribution in [2.45, 2.75) is 45.6 Å². The molecule has 1 aliphatic carbocycles. The third-order valence-corrected chi connectivity index (χ3v) is 3.31. The summed E-state index contributed by atoms with van der Waals surface area (Å²) in [5.74, 6) is 1.54. The second-order valence-corrected chi connectivity index (χ2v) is 4.53. The average molecular weight is 184 g/mol. The van der Waals surface area contributed by atoms with E-state index in [0.717, 1.165) is 24.9 Å². The van der Waals surface area contributed by atoms with Crippen molar-refractivity contribution in [2.24, 2.45) is 17.6 Å². The van der Waals surface area contributed by atoms with Crippen molar-refractivity contribution in [2.75, 3.05) is 13.1 Å². The molecule has 13 heavy (non-hydrogen) atoms. The van der Waals surface area contributed by atoms with E-state index in [1.165, 1.54) is 25.7 Å². The Bertz CT molecular complexity index is 136. The van der Waals surface area contributed by atoms with Crippen molar-refractivity contribution in [1.82, 2.24) is 5.32 Å². The van der Waals surface area contributed by atoms with Crippen molar-refractivity contribution < 1.29 is 0 Å². The second kappa shape index (κ2) is 5.61. The summed E-state index contributed by atoms with van der Waals surface area (Å²) in [5, 5.41) is 3.53. The number of hydrogen-bond acceptors (Lipinski definition) is 2. The van der Waals surface area contributed by atoms with Crippen LogP contribution in [0.1, 0.15) is 39.5 Å². The van der Waals surface area contributed by atoms with Gasteiger partial charge >= 0.3 is 0 Å². The van der Waals surface area contributed by atoms with Crippen molar-refractivity contribution in [1.29, 1.82) is 0 Å². The fourth-order valence-corrected chi connectivity index (χ4v) is 1.98. The molecule has 0 aromatic heterocycles. The summed E-state index contributed by atoms with van der Waals surface area (Å²) in [6, 6.07) is 0.462. The summed E-state index contributed by atoms with van der Waals surface area (Å²) in [5.41, 5.74) is 5.99. The van der Waals surface area contributed by atoms with Gasteiger partial charge in [0.2, 0.25) is 0 Å². The molecule has 78 valence electrons. The number of nitrogens with two attached hydrogens (primary N) is 1. The molecule has 0 bridgehead atoms. The van der Waals surface area contributed by atoms with Gasteiger partial charge in [-0.05, 0) is 37.8 Å². The molecule has 1 fully saturated rings. The van der Waals surface area contributed by atoms with Crippen LogP contribution in [0, 0.1) is 11.8 Å². The Balaban J connectivity index is 2.05. The van der Waals surface area contributed by atoms with Gasteiger partial charge in [0.05, 0.1) is 0 Å². The molecule has 3 unspecified atom stereocenters. The van der Waals surface area contributed by atoms with Gasteiger partial charge in [0.1, 0.15) is 0 Å².